The molecule has 5 nitrogen and oxygen atoms in total. The van der Waals surface area contributed by atoms with Gasteiger partial charge in [0.2, 0.25) is 11.8 Å². The van der Waals surface area contributed by atoms with Crippen molar-refractivity contribution in [2.75, 3.05) is 18.0 Å². The second-order valence-corrected chi connectivity index (χ2v) is 6.39. The summed E-state index contributed by atoms with van der Waals surface area (Å²) in [5, 5.41) is 5.69. The minimum Gasteiger partial charge on any atom is -0.364 e. The summed E-state index contributed by atoms with van der Waals surface area (Å²) < 4.78 is 14.6. The van der Waals surface area contributed by atoms with Crippen LogP contribution in [-0.2, 0) is 9.59 Å². The van der Waals surface area contributed by atoms with Crippen LogP contribution in [0, 0.1) is 5.82 Å². The molecule has 6 heteroatoms. The Labute approximate surface area is 135 Å². The van der Waals surface area contributed by atoms with Crippen LogP contribution in [0.4, 0.5) is 10.1 Å². The van der Waals surface area contributed by atoms with E-state index in [-0.39, 0.29) is 29.7 Å². The third-order valence-electron chi connectivity index (χ3n) is 4.96. The molecule has 0 saturated carbocycles. The van der Waals surface area contributed by atoms with Crippen LogP contribution in [0.1, 0.15) is 38.2 Å². The van der Waals surface area contributed by atoms with Gasteiger partial charge in [-0.05, 0) is 38.0 Å². The molecule has 2 heterocycles. The highest BCUT2D eigenvalue weighted by Gasteiger charge is 2.30. The summed E-state index contributed by atoms with van der Waals surface area (Å²) in [4.78, 5) is 25.2. The summed E-state index contributed by atoms with van der Waals surface area (Å²) in [6, 6.07) is 5.48. The monoisotopic (exact) mass is 319 g/mol. The van der Waals surface area contributed by atoms with Gasteiger partial charge in [0.05, 0.1) is 11.6 Å². The van der Waals surface area contributed by atoms with Gasteiger partial charge in [0.1, 0.15) is 5.82 Å². The number of rotatable bonds is 2. The van der Waals surface area contributed by atoms with E-state index >= 15 is 0 Å². The number of nitrogens with zero attached hydrogens (tertiary/aromatic N) is 1. The van der Waals surface area contributed by atoms with Crippen molar-refractivity contribution >= 4 is 17.5 Å². The zero-order chi connectivity index (χ0) is 16.6. The number of carbonyl (C=O) groups is 2. The second-order valence-electron chi connectivity index (χ2n) is 6.39. The maximum absolute atomic E-state index is 14.6. The Hall–Kier alpha value is -1.95. The molecule has 3 rings (SSSR count). The minimum absolute atomic E-state index is 0.194. The molecular formula is C17H22FN3O2. The summed E-state index contributed by atoms with van der Waals surface area (Å²) in [5.74, 6) is -1.35. The molecule has 2 N–H and O–H groups in total. The Balaban J connectivity index is 1.83. The lowest BCUT2D eigenvalue weighted by Crippen LogP contribution is -2.55. The van der Waals surface area contributed by atoms with Crippen LogP contribution < -0.4 is 15.5 Å². The van der Waals surface area contributed by atoms with Crippen LogP contribution in [0.25, 0.3) is 0 Å². The number of hydrogen-bond donors (Lipinski definition) is 2. The van der Waals surface area contributed by atoms with Crippen LogP contribution in [0.15, 0.2) is 18.2 Å². The van der Waals surface area contributed by atoms with Crippen LogP contribution in [-0.4, -0.2) is 37.0 Å². The van der Waals surface area contributed by atoms with Crippen molar-refractivity contribution in [3.8, 4) is 0 Å². The zero-order valence-electron chi connectivity index (χ0n) is 13.4. The molecular weight excluding hydrogens is 297 g/mol. The van der Waals surface area contributed by atoms with Crippen molar-refractivity contribution < 1.29 is 14.0 Å². The van der Waals surface area contributed by atoms with Gasteiger partial charge in [-0.15, -0.1) is 0 Å². The first-order chi connectivity index (χ1) is 11.0. The lowest BCUT2D eigenvalue weighted by Gasteiger charge is -2.40. The number of anilines is 1. The maximum Gasteiger partial charge on any atom is 0.234 e. The molecule has 1 unspecified atom stereocenters. The van der Waals surface area contributed by atoms with Gasteiger partial charge in [-0.25, -0.2) is 4.39 Å². The third-order valence-corrected chi connectivity index (χ3v) is 4.96. The molecule has 0 spiro atoms. The van der Waals surface area contributed by atoms with Gasteiger partial charge in [0, 0.05) is 31.6 Å². The average Bonchev–Trinajstić information content (AvgIpc) is 2.50. The van der Waals surface area contributed by atoms with Crippen LogP contribution in [0.2, 0.25) is 0 Å². The molecule has 0 aromatic heterocycles. The third kappa shape index (κ3) is 3.08. The molecule has 3 atom stereocenters. The highest BCUT2D eigenvalue weighted by atomic mass is 19.1. The van der Waals surface area contributed by atoms with Crippen LogP contribution in [0.3, 0.4) is 0 Å². The van der Waals surface area contributed by atoms with Gasteiger partial charge < -0.3 is 10.2 Å². The summed E-state index contributed by atoms with van der Waals surface area (Å²) in [5.41, 5.74) is 1.20. The molecule has 1 aromatic rings. The van der Waals surface area contributed by atoms with Crippen molar-refractivity contribution in [2.45, 2.75) is 44.7 Å². The predicted molar refractivity (Wildman–Crippen MR) is 85.8 cm³/mol. The molecule has 2 saturated heterocycles. The SMILES string of the molecule is C[C@@H]1NCCN(c2ccc(C3CCC(=O)NC3=O)cc2F)[C@@H]1C. The molecule has 1 aromatic carbocycles. The quantitative estimate of drug-likeness (QED) is 0.812. The van der Waals surface area contributed by atoms with E-state index in [1.165, 1.54) is 6.07 Å². The van der Waals surface area contributed by atoms with Gasteiger partial charge >= 0.3 is 0 Å². The first-order valence-corrected chi connectivity index (χ1v) is 8.10. The molecule has 124 valence electrons. The number of carbonyl (C=O) groups excluding carboxylic acids is 2. The van der Waals surface area contributed by atoms with Crippen molar-refractivity contribution in [2.24, 2.45) is 0 Å². The molecule has 0 bridgehead atoms. The highest BCUT2D eigenvalue weighted by Crippen LogP contribution is 2.30. The highest BCUT2D eigenvalue weighted by molar-refractivity contribution is 6.00. The van der Waals surface area contributed by atoms with Gasteiger partial charge in [-0.3, -0.25) is 14.9 Å². The standard InChI is InChI=1S/C17H22FN3O2/c1-10-11(2)21(8-7-19-10)15-5-3-12(9-14(15)18)13-4-6-16(22)20-17(13)23/h3,5,9-11,13,19H,4,6-8H2,1-2H3,(H,20,22,23)/t10-,11+,13?/m0/s1. The largest absolute Gasteiger partial charge is 0.364 e. The molecule has 23 heavy (non-hydrogen) atoms. The van der Waals surface area contributed by atoms with E-state index in [1.54, 1.807) is 12.1 Å². The lowest BCUT2D eigenvalue weighted by atomic mass is 9.90. The minimum atomic E-state index is -0.449. The average molecular weight is 319 g/mol. The number of amides is 2. The number of imide groups is 1. The normalized spacial score (nSPS) is 28.7. The number of nitrogens with one attached hydrogen (secondary N) is 2. The molecule has 2 aliphatic heterocycles. The molecule has 2 amide bonds. The van der Waals surface area contributed by atoms with E-state index in [0.717, 1.165) is 13.1 Å². The Kier molecular flexibility index (Phi) is 4.35. The maximum atomic E-state index is 14.6. The van der Waals surface area contributed by atoms with Crippen molar-refractivity contribution in [1.29, 1.82) is 0 Å². The van der Waals surface area contributed by atoms with Crippen molar-refractivity contribution in [3.05, 3.63) is 29.6 Å². The van der Waals surface area contributed by atoms with Gasteiger partial charge in [-0.2, -0.15) is 0 Å². The number of halogens is 1. The van der Waals surface area contributed by atoms with Crippen LogP contribution >= 0.6 is 0 Å². The van der Waals surface area contributed by atoms with E-state index in [1.807, 2.05) is 0 Å². The van der Waals surface area contributed by atoms with E-state index in [0.29, 0.717) is 24.1 Å². The fourth-order valence-corrected chi connectivity index (χ4v) is 3.38. The van der Waals surface area contributed by atoms with E-state index in [4.69, 9.17) is 0 Å². The van der Waals surface area contributed by atoms with E-state index in [2.05, 4.69) is 29.4 Å². The van der Waals surface area contributed by atoms with Crippen molar-refractivity contribution in [3.63, 3.8) is 0 Å². The first-order valence-electron chi connectivity index (χ1n) is 8.10. The fourth-order valence-electron chi connectivity index (χ4n) is 3.38. The summed E-state index contributed by atoms with van der Waals surface area (Å²) in [6.07, 6.45) is 0.733. The Morgan fingerprint density at radius 1 is 1.26 bits per heavy atom. The number of piperazine rings is 1. The first kappa shape index (κ1) is 15.9. The molecule has 0 aliphatic carbocycles. The Morgan fingerprint density at radius 2 is 2.04 bits per heavy atom. The van der Waals surface area contributed by atoms with Gasteiger partial charge in [0.25, 0.3) is 0 Å². The van der Waals surface area contributed by atoms with Crippen molar-refractivity contribution in [1.82, 2.24) is 10.6 Å². The topological polar surface area (TPSA) is 61.4 Å². The smallest absolute Gasteiger partial charge is 0.234 e. The van der Waals surface area contributed by atoms with Gasteiger partial charge in [-0.1, -0.05) is 6.07 Å². The summed E-state index contributed by atoms with van der Waals surface area (Å²) >= 11 is 0. The lowest BCUT2D eigenvalue weighted by molar-refractivity contribution is -0.134. The van der Waals surface area contributed by atoms with E-state index in [9.17, 15) is 14.0 Å². The predicted octanol–water partition coefficient (Wildman–Crippen LogP) is 1.53. The number of hydrogen-bond acceptors (Lipinski definition) is 4. The molecule has 2 fully saturated rings. The van der Waals surface area contributed by atoms with Gasteiger partial charge in [0.15, 0.2) is 0 Å². The summed E-state index contributed by atoms with van der Waals surface area (Å²) in [6.45, 7) is 5.73. The zero-order valence-corrected chi connectivity index (χ0v) is 13.4. The Bertz CT molecular complexity index is 634. The summed E-state index contributed by atoms with van der Waals surface area (Å²) in [7, 11) is 0. The number of benzene rings is 1. The van der Waals surface area contributed by atoms with Crippen LogP contribution in [0.5, 0.6) is 0 Å². The Morgan fingerprint density at radius 3 is 2.74 bits per heavy atom. The number of piperidine rings is 1. The van der Waals surface area contributed by atoms with E-state index < -0.39 is 5.92 Å². The molecule has 0 radical (unpaired) electrons. The second kappa shape index (κ2) is 6.28. The molecule has 2 aliphatic rings. The fraction of sp³-hybridized carbons (Fsp3) is 0.529.